The first kappa shape index (κ1) is 32.2. The van der Waals surface area contributed by atoms with Crippen molar-refractivity contribution in [1.29, 1.82) is 0 Å². The second-order valence-electron chi connectivity index (χ2n) is 9.39. The van der Waals surface area contributed by atoms with Gasteiger partial charge in [0, 0.05) is 48.0 Å². The first-order chi connectivity index (χ1) is 20.2. The van der Waals surface area contributed by atoms with Crippen LogP contribution in [0.4, 0.5) is 5.69 Å². The molecule has 3 aromatic heterocycles. The SMILES string of the molecule is Cc1nc2c(OCc3c(Cl)ccc(N(C)C(=O)CNC(=O)C=Cc4ccc(-n5cccc5)cc4)c3Cl)cccn2c1Br.Cl. The lowest BCUT2D eigenvalue weighted by Gasteiger charge is -2.21. The standard InChI is InChI=1S/C31H26BrCl2N5O3.ClH/c1-20-30(32)39-17-5-6-26(31(39)36-20)42-19-23-24(33)12-13-25(29(23)34)37(2)28(41)18-35-27(40)14-9-21-7-10-22(11-8-21)38-15-3-4-16-38;/h3-17H,18-19H2,1-2H3,(H,35,40);1H. The molecule has 0 saturated carbocycles. The monoisotopic (exact) mass is 701 g/mol. The summed E-state index contributed by atoms with van der Waals surface area (Å²) >= 11 is 16.7. The number of halogens is 4. The number of carbonyl (C=O) groups is 2. The molecule has 0 unspecified atom stereocenters. The van der Waals surface area contributed by atoms with E-state index in [0.29, 0.717) is 27.7 Å². The largest absolute Gasteiger partial charge is 0.485 e. The number of likely N-dealkylation sites (N-methyl/N-ethyl adjacent to an activating group) is 1. The van der Waals surface area contributed by atoms with Gasteiger partial charge in [0.05, 0.1) is 22.9 Å². The number of fused-ring (bicyclic) bond motifs is 1. The van der Waals surface area contributed by atoms with Gasteiger partial charge in [-0.15, -0.1) is 12.4 Å². The Labute approximate surface area is 273 Å². The second-order valence-corrected chi connectivity index (χ2v) is 10.9. The van der Waals surface area contributed by atoms with Crippen LogP contribution >= 0.6 is 51.5 Å². The molecule has 12 heteroatoms. The highest BCUT2D eigenvalue weighted by atomic mass is 79.9. The Hall–Kier alpha value is -3.76. The Morgan fingerprint density at radius 2 is 1.77 bits per heavy atom. The summed E-state index contributed by atoms with van der Waals surface area (Å²) in [7, 11) is 1.59. The van der Waals surface area contributed by atoms with Crippen molar-refractivity contribution in [1.82, 2.24) is 19.3 Å². The molecule has 0 fully saturated rings. The van der Waals surface area contributed by atoms with Gasteiger partial charge in [-0.05, 0) is 83.0 Å². The highest BCUT2D eigenvalue weighted by Crippen LogP contribution is 2.35. The number of nitrogens with one attached hydrogen (secondary N) is 1. The molecular weight excluding hydrogens is 677 g/mol. The van der Waals surface area contributed by atoms with Crippen molar-refractivity contribution < 1.29 is 14.3 Å². The smallest absolute Gasteiger partial charge is 0.246 e. The molecule has 0 aliphatic rings. The van der Waals surface area contributed by atoms with Crippen LogP contribution in [-0.2, 0) is 16.2 Å². The van der Waals surface area contributed by atoms with Crippen LogP contribution in [0.2, 0.25) is 10.0 Å². The Morgan fingerprint density at radius 1 is 1.05 bits per heavy atom. The average molecular weight is 704 g/mol. The third-order valence-electron chi connectivity index (χ3n) is 6.62. The van der Waals surface area contributed by atoms with E-state index in [1.54, 1.807) is 25.3 Å². The Kier molecular flexibility index (Phi) is 10.6. The summed E-state index contributed by atoms with van der Waals surface area (Å²) in [6.45, 7) is 1.74. The molecule has 0 aliphatic carbocycles. The minimum atomic E-state index is -0.391. The molecule has 0 aliphatic heterocycles. The number of aromatic nitrogens is 3. The zero-order valence-corrected chi connectivity index (χ0v) is 27.0. The maximum atomic E-state index is 12.9. The predicted octanol–water partition coefficient (Wildman–Crippen LogP) is 7.30. The minimum absolute atomic E-state index is 0. The number of aryl methyl sites for hydroxylation is 1. The number of ether oxygens (including phenoxy) is 1. The van der Waals surface area contributed by atoms with E-state index < -0.39 is 5.91 Å². The van der Waals surface area contributed by atoms with E-state index in [4.69, 9.17) is 27.9 Å². The maximum Gasteiger partial charge on any atom is 0.246 e. The van der Waals surface area contributed by atoms with Crippen molar-refractivity contribution >= 4 is 80.8 Å². The average Bonchev–Trinajstić information content (AvgIpc) is 3.63. The molecule has 0 radical (unpaired) electrons. The number of hydrogen-bond donors (Lipinski definition) is 1. The summed E-state index contributed by atoms with van der Waals surface area (Å²) in [5.74, 6) is -0.190. The lowest BCUT2D eigenvalue weighted by Crippen LogP contribution is -2.37. The summed E-state index contributed by atoms with van der Waals surface area (Å²) in [5.41, 5.74) is 4.32. The number of carbonyl (C=O) groups excluding carboxylic acids is 2. The summed E-state index contributed by atoms with van der Waals surface area (Å²) in [6.07, 6.45) is 8.88. The normalized spacial score (nSPS) is 11.0. The molecule has 5 aromatic rings. The van der Waals surface area contributed by atoms with Crippen molar-refractivity contribution in [2.24, 2.45) is 0 Å². The third kappa shape index (κ3) is 7.25. The van der Waals surface area contributed by atoms with Crippen LogP contribution in [0, 0.1) is 6.92 Å². The number of nitrogens with zero attached hydrogens (tertiary/aromatic N) is 4. The lowest BCUT2D eigenvalue weighted by molar-refractivity contribution is -0.122. The summed E-state index contributed by atoms with van der Waals surface area (Å²) in [6, 6.07) is 18.6. The van der Waals surface area contributed by atoms with Gasteiger partial charge in [-0.3, -0.25) is 14.0 Å². The van der Waals surface area contributed by atoms with Gasteiger partial charge in [0.1, 0.15) is 11.2 Å². The molecule has 3 heterocycles. The third-order valence-corrected chi connectivity index (χ3v) is 8.36. The summed E-state index contributed by atoms with van der Waals surface area (Å²) in [4.78, 5) is 31.2. The Bertz CT molecular complexity index is 1790. The maximum absolute atomic E-state index is 12.9. The molecule has 0 atom stereocenters. The second kappa shape index (κ2) is 14.1. The van der Waals surface area contributed by atoms with Gasteiger partial charge >= 0.3 is 0 Å². The first-order valence-electron chi connectivity index (χ1n) is 12.9. The number of rotatable bonds is 9. The number of anilines is 1. The van der Waals surface area contributed by atoms with Crippen LogP contribution in [0.1, 0.15) is 16.8 Å². The molecule has 0 bridgehead atoms. The van der Waals surface area contributed by atoms with E-state index in [-0.39, 0.29) is 36.5 Å². The van der Waals surface area contributed by atoms with Crippen LogP contribution in [0.3, 0.4) is 0 Å². The van der Waals surface area contributed by atoms with Gasteiger partial charge in [-0.25, -0.2) is 4.98 Å². The van der Waals surface area contributed by atoms with Crippen LogP contribution in [0.5, 0.6) is 5.75 Å². The van der Waals surface area contributed by atoms with Crippen molar-refractivity contribution in [2.75, 3.05) is 18.5 Å². The molecular formula is C31H27BrCl3N5O3. The molecule has 43 heavy (non-hydrogen) atoms. The molecule has 222 valence electrons. The molecule has 0 spiro atoms. The van der Waals surface area contributed by atoms with E-state index in [2.05, 4.69) is 26.2 Å². The van der Waals surface area contributed by atoms with E-state index in [1.165, 1.54) is 11.0 Å². The zero-order valence-electron chi connectivity index (χ0n) is 23.1. The number of imidazole rings is 1. The predicted molar refractivity (Wildman–Crippen MR) is 177 cm³/mol. The number of pyridine rings is 1. The molecule has 2 amide bonds. The van der Waals surface area contributed by atoms with E-state index in [1.807, 2.05) is 83.0 Å². The van der Waals surface area contributed by atoms with E-state index >= 15 is 0 Å². The van der Waals surface area contributed by atoms with Gasteiger partial charge in [0.25, 0.3) is 0 Å². The van der Waals surface area contributed by atoms with Crippen molar-refractivity contribution in [3.63, 3.8) is 0 Å². The summed E-state index contributed by atoms with van der Waals surface area (Å²) in [5, 5.41) is 3.30. The van der Waals surface area contributed by atoms with Gasteiger partial charge in [0.2, 0.25) is 11.8 Å². The minimum Gasteiger partial charge on any atom is -0.485 e. The molecule has 8 nitrogen and oxygen atoms in total. The van der Waals surface area contributed by atoms with Gasteiger partial charge in [-0.1, -0.05) is 35.3 Å². The number of benzene rings is 2. The first-order valence-corrected chi connectivity index (χ1v) is 14.5. The fourth-order valence-electron chi connectivity index (χ4n) is 4.28. The lowest BCUT2D eigenvalue weighted by atomic mass is 10.2. The van der Waals surface area contributed by atoms with Gasteiger partial charge in [-0.2, -0.15) is 0 Å². The van der Waals surface area contributed by atoms with Gasteiger partial charge in [0.15, 0.2) is 11.4 Å². The number of hydrogen-bond acceptors (Lipinski definition) is 4. The Balaban J connectivity index is 0.00000423. The highest BCUT2D eigenvalue weighted by Gasteiger charge is 2.20. The molecule has 2 aromatic carbocycles. The zero-order chi connectivity index (χ0) is 29.8. The molecule has 1 N–H and O–H groups in total. The topological polar surface area (TPSA) is 80.9 Å². The van der Waals surface area contributed by atoms with Crippen LogP contribution in [0.15, 0.2) is 89.9 Å². The van der Waals surface area contributed by atoms with Gasteiger partial charge < -0.3 is 19.5 Å². The van der Waals surface area contributed by atoms with E-state index in [0.717, 1.165) is 21.5 Å². The molecule has 0 saturated heterocycles. The van der Waals surface area contributed by atoms with Crippen LogP contribution in [-0.4, -0.2) is 39.4 Å². The number of amides is 2. The van der Waals surface area contributed by atoms with Crippen LogP contribution < -0.4 is 15.0 Å². The Morgan fingerprint density at radius 3 is 2.49 bits per heavy atom. The van der Waals surface area contributed by atoms with Crippen LogP contribution in [0.25, 0.3) is 17.4 Å². The van der Waals surface area contributed by atoms with Crippen molar-refractivity contribution in [2.45, 2.75) is 13.5 Å². The van der Waals surface area contributed by atoms with Crippen molar-refractivity contribution in [3.05, 3.63) is 117 Å². The highest BCUT2D eigenvalue weighted by molar-refractivity contribution is 9.10. The fourth-order valence-corrected chi connectivity index (χ4v) is 5.26. The van der Waals surface area contributed by atoms with E-state index in [9.17, 15) is 9.59 Å². The van der Waals surface area contributed by atoms with Crippen molar-refractivity contribution in [3.8, 4) is 11.4 Å². The molecule has 5 rings (SSSR count). The quantitative estimate of drug-likeness (QED) is 0.164. The summed E-state index contributed by atoms with van der Waals surface area (Å²) < 4.78 is 10.8. The fraction of sp³-hybridized carbons (Fsp3) is 0.129.